The molecule has 2 unspecified atom stereocenters. The van der Waals surface area contributed by atoms with E-state index in [0.717, 1.165) is 61.4 Å². The van der Waals surface area contributed by atoms with Gasteiger partial charge in [-0.15, -0.1) is 0 Å². The largest absolute Gasteiger partial charge is 0.493 e. The van der Waals surface area contributed by atoms with E-state index in [4.69, 9.17) is 172 Å². The van der Waals surface area contributed by atoms with Crippen molar-refractivity contribution in [3.63, 3.8) is 0 Å². The predicted molar refractivity (Wildman–Crippen MR) is 318 cm³/mol. The van der Waals surface area contributed by atoms with Gasteiger partial charge in [0.25, 0.3) is 0 Å². The van der Waals surface area contributed by atoms with E-state index in [1.165, 1.54) is 12.8 Å². The van der Waals surface area contributed by atoms with Crippen LogP contribution in [0.15, 0.2) is 72.8 Å². The average molecular weight is 1250 g/mol. The molecule has 0 saturated heterocycles. The summed E-state index contributed by atoms with van der Waals surface area (Å²) in [5, 5.41) is 0.261. The molecule has 0 N–H and O–H groups in total. The molecule has 0 bridgehead atoms. The molecule has 72 heavy (non-hydrogen) atoms. The first kappa shape index (κ1) is 59.8. The summed E-state index contributed by atoms with van der Waals surface area (Å²) in [6.07, 6.45) is 12.5. The summed E-state index contributed by atoms with van der Waals surface area (Å²) in [6.45, 7) is 10.1. The Morgan fingerprint density at radius 1 is 0.431 bits per heavy atom. The number of nitrogens with zero attached hydrogens (tertiary/aromatic N) is 1. The zero-order valence-corrected chi connectivity index (χ0v) is 49.9. The second-order valence-electron chi connectivity index (χ2n) is 17.0. The minimum Gasteiger partial charge on any atom is -0.493 e. The number of benzene rings is 6. The van der Waals surface area contributed by atoms with Gasteiger partial charge in [0, 0.05) is 28.1 Å². The molecule has 3 nitrogen and oxygen atoms in total. The zero-order valence-electron chi connectivity index (χ0n) is 39.4. The predicted octanol–water partition coefficient (Wildman–Crippen LogP) is 24.7. The van der Waals surface area contributed by atoms with Gasteiger partial charge in [0.1, 0.15) is 11.5 Å². The van der Waals surface area contributed by atoms with Gasteiger partial charge in [0.05, 0.1) is 95.1 Å². The van der Waals surface area contributed by atoms with Crippen LogP contribution in [-0.2, 0) is 0 Å². The molecule has 6 aromatic carbocycles. The van der Waals surface area contributed by atoms with E-state index in [1.54, 1.807) is 36.4 Å². The molecule has 0 amide bonds. The summed E-state index contributed by atoms with van der Waals surface area (Å²) in [6, 6.07) is 22.7. The summed E-state index contributed by atoms with van der Waals surface area (Å²) >= 11 is 95.4. The Hall–Kier alpha value is -1.48. The number of hydrogen-bond acceptors (Lipinski definition) is 3. The van der Waals surface area contributed by atoms with Gasteiger partial charge in [-0.2, -0.15) is 0 Å². The Labute approximate surface area is 493 Å². The third-order valence-corrected chi connectivity index (χ3v) is 18.6. The second kappa shape index (κ2) is 27.7. The number of rotatable bonds is 22. The molecule has 0 spiro atoms. The van der Waals surface area contributed by atoms with Crippen LogP contribution in [0.5, 0.6) is 11.5 Å². The van der Waals surface area contributed by atoms with Gasteiger partial charge in [0.15, 0.2) is 0 Å². The topological polar surface area (TPSA) is 21.7 Å². The molecule has 0 aliphatic rings. The number of unbranched alkanes of at least 4 members (excludes halogenated alkanes) is 2. The Bertz CT molecular complexity index is 2650. The normalized spacial score (nSPS) is 12.5. The number of hydrogen-bond donors (Lipinski definition) is 0. The second-order valence-corrected chi connectivity index (χ2v) is 22.3. The maximum absolute atomic E-state index is 7.29. The fourth-order valence-corrected chi connectivity index (χ4v) is 11.8. The van der Waals surface area contributed by atoms with E-state index < -0.39 is 0 Å². The first-order chi connectivity index (χ1) is 34.4. The molecule has 0 saturated carbocycles. The van der Waals surface area contributed by atoms with Crippen LogP contribution in [0.2, 0.25) is 70.3 Å². The van der Waals surface area contributed by atoms with Crippen LogP contribution in [0.1, 0.15) is 107 Å². The fourth-order valence-electron chi connectivity index (χ4n) is 8.00. The van der Waals surface area contributed by atoms with Crippen LogP contribution in [0.4, 0.5) is 17.1 Å². The molecule has 17 heteroatoms. The first-order valence-corrected chi connectivity index (χ1v) is 28.5. The zero-order chi connectivity index (χ0) is 52.6. The smallest absolute Gasteiger partial charge is 0.119 e. The summed E-state index contributed by atoms with van der Waals surface area (Å²) in [4.78, 5) is 1.92. The molecular weight excluding hydrogens is 1200 g/mol. The maximum Gasteiger partial charge on any atom is 0.119 e. The van der Waals surface area contributed by atoms with Crippen molar-refractivity contribution in [1.29, 1.82) is 0 Å². The van der Waals surface area contributed by atoms with E-state index in [2.05, 4.69) is 27.7 Å². The average Bonchev–Trinajstić information content (AvgIpc) is 3.39. The van der Waals surface area contributed by atoms with Gasteiger partial charge < -0.3 is 14.4 Å². The van der Waals surface area contributed by atoms with Crippen LogP contribution >= 0.6 is 162 Å². The highest BCUT2D eigenvalue weighted by Crippen LogP contribution is 2.55. The Morgan fingerprint density at radius 3 is 1.14 bits per heavy atom. The van der Waals surface area contributed by atoms with Crippen molar-refractivity contribution in [2.24, 2.45) is 11.8 Å². The quantitative estimate of drug-likeness (QED) is 0.0293. The highest BCUT2D eigenvalue weighted by atomic mass is 35.5. The lowest BCUT2D eigenvalue weighted by Crippen LogP contribution is -2.13. The maximum atomic E-state index is 7.29. The highest BCUT2D eigenvalue weighted by molar-refractivity contribution is 6.57. The van der Waals surface area contributed by atoms with E-state index in [-0.39, 0.29) is 87.4 Å². The number of halogens is 14. The fraction of sp³-hybridized carbons (Fsp3) is 0.291. The van der Waals surface area contributed by atoms with Crippen LogP contribution in [0.3, 0.4) is 0 Å². The van der Waals surface area contributed by atoms with Crippen LogP contribution in [-0.4, -0.2) is 13.2 Å². The van der Waals surface area contributed by atoms with Gasteiger partial charge >= 0.3 is 0 Å². The molecule has 2 atom stereocenters. The molecule has 6 rings (SSSR count). The van der Waals surface area contributed by atoms with Gasteiger partial charge in [-0.1, -0.05) is 265 Å². The van der Waals surface area contributed by atoms with Crippen molar-refractivity contribution in [3.8, 4) is 11.5 Å². The number of anilines is 3. The lowest BCUT2D eigenvalue weighted by atomic mass is 9.84. The third-order valence-electron chi connectivity index (χ3n) is 12.3. The standard InChI is InChI=1S/C55H48Cl14NO2/c1-5-9-11-29(7-3)27-71-35-22-18-33(19-23-35)70(34-20-24-36(25-21-34)72-28-30(8-4)12-10-6-2)55-53(68)41(56)37(42(57)54(55)69)26-15-31-13-16-32(17-14-31)38(39-43(58)47(62)51(66)48(63)44(39)59)40-45(60)49(64)52(67)50(65)46(40)61/h13-26,29-30H,5-12,27-28H2,1-4H3/b26-15+. The van der Waals surface area contributed by atoms with Crippen molar-refractivity contribution in [3.05, 3.63) is 177 Å². The van der Waals surface area contributed by atoms with Gasteiger partial charge in [-0.05, 0) is 84.3 Å². The molecule has 383 valence electrons. The van der Waals surface area contributed by atoms with E-state index in [9.17, 15) is 0 Å². The molecule has 0 aliphatic heterocycles. The highest BCUT2D eigenvalue weighted by Gasteiger charge is 2.34. The van der Waals surface area contributed by atoms with E-state index >= 15 is 0 Å². The van der Waals surface area contributed by atoms with Crippen molar-refractivity contribution in [2.45, 2.75) is 79.1 Å². The molecule has 0 fully saturated rings. The van der Waals surface area contributed by atoms with E-state index in [0.29, 0.717) is 47.4 Å². The molecule has 0 heterocycles. The number of ether oxygens (including phenoxy) is 2. The molecule has 0 aromatic heterocycles. The Kier molecular flexibility index (Phi) is 23.0. The van der Waals surface area contributed by atoms with Crippen molar-refractivity contribution >= 4 is 192 Å². The first-order valence-electron chi connectivity index (χ1n) is 23.2. The van der Waals surface area contributed by atoms with Gasteiger partial charge in [0.2, 0.25) is 0 Å². The molecular formula is C55H48Cl14NO2. The van der Waals surface area contributed by atoms with Crippen LogP contribution in [0, 0.1) is 17.8 Å². The molecule has 6 aromatic rings. The van der Waals surface area contributed by atoms with Gasteiger partial charge in [-0.25, -0.2) is 0 Å². The van der Waals surface area contributed by atoms with Crippen molar-refractivity contribution in [2.75, 3.05) is 18.1 Å². The summed E-state index contributed by atoms with van der Waals surface area (Å²) < 4.78 is 12.6. The Morgan fingerprint density at radius 2 is 0.792 bits per heavy atom. The monoisotopic (exact) mass is 1240 g/mol. The van der Waals surface area contributed by atoms with Crippen molar-refractivity contribution < 1.29 is 9.47 Å². The van der Waals surface area contributed by atoms with Crippen LogP contribution in [0.25, 0.3) is 12.2 Å². The lowest BCUT2D eigenvalue weighted by molar-refractivity contribution is 0.233. The van der Waals surface area contributed by atoms with E-state index in [1.807, 2.05) is 53.4 Å². The third kappa shape index (κ3) is 13.6. The minimum absolute atomic E-state index is 0.0296. The van der Waals surface area contributed by atoms with Crippen molar-refractivity contribution in [1.82, 2.24) is 0 Å². The van der Waals surface area contributed by atoms with Gasteiger partial charge in [-0.3, -0.25) is 0 Å². The summed E-state index contributed by atoms with van der Waals surface area (Å²) in [5.74, 6) is 2.73. The minimum atomic E-state index is -0.0550. The molecule has 0 aliphatic carbocycles. The lowest BCUT2D eigenvalue weighted by Gasteiger charge is -2.29. The summed E-state index contributed by atoms with van der Waals surface area (Å²) in [5.41, 5.74) is 3.79. The SMILES string of the molecule is CCCCC(CC)COc1ccc(N(c2ccc(OCC(CC)CCCC)cc2)c2c(Cl)c(Cl)c(/C=C/c3ccc([C](c4c(Cl)c(Cl)c(Cl)c(Cl)c4Cl)c4c(Cl)c(Cl)c(Cl)c(Cl)c4Cl)cc3)c(Cl)c2Cl)cc1. The molecule has 1 radical (unpaired) electrons. The van der Waals surface area contributed by atoms with Crippen LogP contribution < -0.4 is 14.4 Å². The Balaban J connectivity index is 1.38. The summed E-state index contributed by atoms with van der Waals surface area (Å²) in [7, 11) is 0.